The Morgan fingerprint density at radius 1 is 1.33 bits per heavy atom. The van der Waals surface area contributed by atoms with E-state index in [9.17, 15) is 0 Å². The highest BCUT2D eigenvalue weighted by Crippen LogP contribution is 2.22. The van der Waals surface area contributed by atoms with E-state index in [2.05, 4.69) is 44.3 Å². The monoisotopic (exact) mass is 206 g/mol. The van der Waals surface area contributed by atoms with Crippen molar-refractivity contribution in [3.05, 3.63) is 34.9 Å². The van der Waals surface area contributed by atoms with Crippen LogP contribution in [0, 0.1) is 6.92 Å². The fourth-order valence-electron chi connectivity index (χ4n) is 1.75. The molecule has 0 saturated heterocycles. The molecule has 0 aliphatic carbocycles. The molecule has 15 heavy (non-hydrogen) atoms. The topological polar surface area (TPSA) is 38.0 Å². The van der Waals surface area contributed by atoms with E-state index in [0.29, 0.717) is 5.92 Å². The van der Waals surface area contributed by atoms with Crippen LogP contribution in [-0.4, -0.2) is 13.6 Å². The fraction of sp³-hybridized carbons (Fsp3) is 0.538. The summed E-state index contributed by atoms with van der Waals surface area (Å²) in [5.41, 5.74) is 10.0. The van der Waals surface area contributed by atoms with E-state index >= 15 is 0 Å². The van der Waals surface area contributed by atoms with Crippen LogP contribution >= 0.6 is 0 Å². The minimum Gasteiger partial charge on any atom is -0.323 e. The van der Waals surface area contributed by atoms with Crippen molar-refractivity contribution in [1.82, 2.24) is 5.32 Å². The molecule has 0 aliphatic heterocycles. The van der Waals surface area contributed by atoms with Gasteiger partial charge in [0.05, 0.1) is 0 Å². The molecule has 0 heterocycles. The molecule has 1 aromatic rings. The summed E-state index contributed by atoms with van der Waals surface area (Å²) in [6, 6.07) is 6.69. The molecule has 0 radical (unpaired) electrons. The average Bonchev–Trinajstić information content (AvgIpc) is 2.18. The van der Waals surface area contributed by atoms with Gasteiger partial charge in [-0.2, -0.15) is 0 Å². The number of aryl methyl sites for hydroxylation is 1. The zero-order valence-corrected chi connectivity index (χ0v) is 10.2. The van der Waals surface area contributed by atoms with Crippen LogP contribution in [0.1, 0.15) is 42.5 Å². The van der Waals surface area contributed by atoms with Crippen molar-refractivity contribution in [3.8, 4) is 0 Å². The number of nitrogens with one attached hydrogen (secondary N) is 1. The normalized spacial score (nSPS) is 13.2. The van der Waals surface area contributed by atoms with E-state index in [1.54, 1.807) is 0 Å². The Kier molecular flexibility index (Phi) is 4.30. The third kappa shape index (κ3) is 3.05. The second kappa shape index (κ2) is 5.29. The average molecular weight is 206 g/mol. The van der Waals surface area contributed by atoms with E-state index in [0.717, 1.165) is 6.54 Å². The fourth-order valence-corrected chi connectivity index (χ4v) is 1.75. The third-order valence-electron chi connectivity index (χ3n) is 2.79. The maximum atomic E-state index is 6.11. The summed E-state index contributed by atoms with van der Waals surface area (Å²) >= 11 is 0. The van der Waals surface area contributed by atoms with Crippen molar-refractivity contribution in [2.75, 3.05) is 13.6 Å². The summed E-state index contributed by atoms with van der Waals surface area (Å²) in [4.78, 5) is 0. The Balaban J connectivity index is 2.99. The molecule has 0 saturated carbocycles. The molecule has 84 valence electrons. The highest BCUT2D eigenvalue weighted by Gasteiger charge is 2.09. The molecule has 0 fully saturated rings. The summed E-state index contributed by atoms with van der Waals surface area (Å²) in [5.74, 6) is 0.561. The van der Waals surface area contributed by atoms with E-state index in [-0.39, 0.29) is 6.04 Å². The van der Waals surface area contributed by atoms with Crippen LogP contribution in [0.5, 0.6) is 0 Å². The molecule has 1 atom stereocenters. The second-order valence-electron chi connectivity index (χ2n) is 4.43. The van der Waals surface area contributed by atoms with Gasteiger partial charge in [-0.3, -0.25) is 0 Å². The van der Waals surface area contributed by atoms with Crippen molar-refractivity contribution in [2.45, 2.75) is 32.7 Å². The van der Waals surface area contributed by atoms with Gasteiger partial charge in [-0.1, -0.05) is 32.0 Å². The summed E-state index contributed by atoms with van der Waals surface area (Å²) < 4.78 is 0. The van der Waals surface area contributed by atoms with Crippen LogP contribution in [0.25, 0.3) is 0 Å². The molecule has 0 bridgehead atoms. The Hall–Kier alpha value is -0.860. The Labute approximate surface area is 92.9 Å². The van der Waals surface area contributed by atoms with E-state index in [1.165, 1.54) is 16.7 Å². The second-order valence-corrected chi connectivity index (χ2v) is 4.43. The van der Waals surface area contributed by atoms with E-state index < -0.39 is 0 Å². The number of benzene rings is 1. The minimum absolute atomic E-state index is 0.0914. The van der Waals surface area contributed by atoms with Gasteiger partial charge in [0.15, 0.2) is 0 Å². The molecule has 0 aliphatic rings. The molecule has 1 aromatic carbocycles. The molecule has 3 N–H and O–H groups in total. The predicted octanol–water partition coefficient (Wildman–Crippen LogP) is 2.34. The summed E-state index contributed by atoms with van der Waals surface area (Å²) in [5, 5.41) is 3.12. The maximum Gasteiger partial charge on any atom is 0.0424 e. The standard InChI is InChI=1S/C13H22N2/c1-9(2)11-6-5-10(3)12(7-11)13(14)8-15-4/h5-7,9,13,15H,8,14H2,1-4H3. The zero-order valence-electron chi connectivity index (χ0n) is 10.2. The molecule has 0 spiro atoms. The molecule has 1 rings (SSSR count). The Morgan fingerprint density at radius 3 is 2.53 bits per heavy atom. The van der Waals surface area contributed by atoms with E-state index in [1.807, 2.05) is 7.05 Å². The SMILES string of the molecule is CNCC(N)c1cc(C(C)C)ccc1C. The molecule has 1 unspecified atom stereocenters. The molecule has 0 aromatic heterocycles. The van der Waals surface area contributed by atoms with Crippen molar-refractivity contribution in [1.29, 1.82) is 0 Å². The predicted molar refractivity (Wildman–Crippen MR) is 66.1 cm³/mol. The van der Waals surface area contributed by atoms with Crippen molar-refractivity contribution in [2.24, 2.45) is 5.73 Å². The number of hydrogen-bond acceptors (Lipinski definition) is 2. The van der Waals surface area contributed by atoms with Crippen LogP contribution in [-0.2, 0) is 0 Å². The lowest BCUT2D eigenvalue weighted by Crippen LogP contribution is -2.24. The Morgan fingerprint density at radius 2 is 2.00 bits per heavy atom. The van der Waals surface area contributed by atoms with Crippen molar-refractivity contribution < 1.29 is 0 Å². The molecule has 2 heteroatoms. The van der Waals surface area contributed by atoms with Crippen LogP contribution < -0.4 is 11.1 Å². The lowest BCUT2D eigenvalue weighted by Gasteiger charge is -2.17. The van der Waals surface area contributed by atoms with Gasteiger partial charge >= 0.3 is 0 Å². The highest BCUT2D eigenvalue weighted by molar-refractivity contribution is 5.34. The van der Waals surface area contributed by atoms with Gasteiger partial charge in [-0.15, -0.1) is 0 Å². The van der Waals surface area contributed by atoms with Gasteiger partial charge in [0.1, 0.15) is 0 Å². The largest absolute Gasteiger partial charge is 0.323 e. The first-order valence-corrected chi connectivity index (χ1v) is 5.57. The van der Waals surface area contributed by atoms with Crippen LogP contribution in [0.2, 0.25) is 0 Å². The summed E-state index contributed by atoms with van der Waals surface area (Å²) in [6.45, 7) is 7.35. The van der Waals surface area contributed by atoms with Crippen LogP contribution in [0.3, 0.4) is 0 Å². The number of rotatable bonds is 4. The number of likely N-dealkylation sites (N-methyl/N-ethyl adjacent to an activating group) is 1. The maximum absolute atomic E-state index is 6.11. The first-order valence-electron chi connectivity index (χ1n) is 5.57. The summed E-state index contributed by atoms with van der Waals surface area (Å²) in [6.07, 6.45) is 0. The zero-order chi connectivity index (χ0) is 11.4. The van der Waals surface area contributed by atoms with Gasteiger partial charge in [-0.25, -0.2) is 0 Å². The van der Waals surface area contributed by atoms with Crippen molar-refractivity contribution >= 4 is 0 Å². The molecular weight excluding hydrogens is 184 g/mol. The van der Waals surface area contributed by atoms with Gasteiger partial charge < -0.3 is 11.1 Å². The lowest BCUT2D eigenvalue weighted by atomic mass is 9.94. The molecule has 2 nitrogen and oxygen atoms in total. The van der Waals surface area contributed by atoms with Crippen LogP contribution in [0.4, 0.5) is 0 Å². The lowest BCUT2D eigenvalue weighted by molar-refractivity contribution is 0.648. The van der Waals surface area contributed by atoms with Gasteiger partial charge in [0.2, 0.25) is 0 Å². The quantitative estimate of drug-likeness (QED) is 0.793. The van der Waals surface area contributed by atoms with Crippen molar-refractivity contribution in [3.63, 3.8) is 0 Å². The highest BCUT2D eigenvalue weighted by atomic mass is 14.9. The van der Waals surface area contributed by atoms with Gasteiger partial charge in [-0.05, 0) is 36.6 Å². The van der Waals surface area contributed by atoms with E-state index in [4.69, 9.17) is 5.73 Å². The van der Waals surface area contributed by atoms with Crippen LogP contribution in [0.15, 0.2) is 18.2 Å². The van der Waals surface area contributed by atoms with Gasteiger partial charge in [0, 0.05) is 12.6 Å². The third-order valence-corrected chi connectivity index (χ3v) is 2.79. The first kappa shape index (κ1) is 12.2. The first-order chi connectivity index (χ1) is 7.06. The summed E-state index contributed by atoms with van der Waals surface area (Å²) in [7, 11) is 1.93. The Bertz CT molecular complexity index is 318. The number of hydrogen-bond donors (Lipinski definition) is 2. The molecule has 0 amide bonds. The number of nitrogens with two attached hydrogens (primary N) is 1. The van der Waals surface area contributed by atoms with Gasteiger partial charge in [0.25, 0.3) is 0 Å². The smallest absolute Gasteiger partial charge is 0.0424 e. The molecular formula is C13H22N2. The minimum atomic E-state index is 0.0914.